The van der Waals surface area contributed by atoms with Crippen molar-refractivity contribution in [2.24, 2.45) is 0 Å². The van der Waals surface area contributed by atoms with Gasteiger partial charge in [-0.05, 0) is 44.0 Å². The van der Waals surface area contributed by atoms with Gasteiger partial charge in [-0.1, -0.05) is 12.8 Å². The lowest BCUT2D eigenvalue weighted by atomic mass is 10.1. The second-order valence-corrected chi connectivity index (χ2v) is 6.54. The molecule has 1 aliphatic carbocycles. The topological polar surface area (TPSA) is 111 Å². The third-order valence-corrected chi connectivity index (χ3v) is 4.35. The van der Waals surface area contributed by atoms with Gasteiger partial charge in [-0.3, -0.25) is 19.7 Å². The maximum Gasteiger partial charge on any atom is 0.321 e. The molecule has 0 atom stereocenters. The summed E-state index contributed by atoms with van der Waals surface area (Å²) in [6.07, 6.45) is 3.75. The summed E-state index contributed by atoms with van der Waals surface area (Å²) < 4.78 is 10.1. The number of ether oxygens (including phenoxy) is 2. The normalized spacial score (nSPS) is 13.6. The Hall–Kier alpha value is -2.90. The largest absolute Gasteiger partial charge is 0.494 e. The molecule has 0 bridgehead atoms. The van der Waals surface area contributed by atoms with Gasteiger partial charge < -0.3 is 14.8 Å². The molecule has 1 aromatic rings. The summed E-state index contributed by atoms with van der Waals surface area (Å²) >= 11 is 0. The summed E-state index contributed by atoms with van der Waals surface area (Å²) in [5.41, 5.74) is 0.470. The molecule has 1 fully saturated rings. The van der Waals surface area contributed by atoms with Gasteiger partial charge in [0.1, 0.15) is 5.75 Å². The number of ketones is 1. The number of urea groups is 1. The van der Waals surface area contributed by atoms with Gasteiger partial charge in [-0.2, -0.15) is 0 Å². The van der Waals surface area contributed by atoms with E-state index in [0.29, 0.717) is 17.9 Å². The van der Waals surface area contributed by atoms with Crippen LogP contribution in [0.1, 0.15) is 55.8 Å². The lowest BCUT2D eigenvalue weighted by molar-refractivity contribution is -0.148. The van der Waals surface area contributed by atoms with Gasteiger partial charge in [-0.15, -0.1) is 0 Å². The smallest absolute Gasteiger partial charge is 0.321 e. The van der Waals surface area contributed by atoms with Crippen LogP contribution in [0.15, 0.2) is 24.3 Å². The molecule has 3 amide bonds. The van der Waals surface area contributed by atoms with E-state index in [1.807, 2.05) is 6.92 Å². The number of Topliss-reactive ketones (excluding diaryl/α,β-unsaturated/α-hetero) is 1. The SMILES string of the molecule is CCOc1ccc(C(=O)CCC(=O)OCC(=O)NC(=O)NC2CCCC2)cc1. The van der Waals surface area contributed by atoms with Crippen LogP contribution in [0.2, 0.25) is 0 Å². The van der Waals surface area contributed by atoms with Crippen molar-refractivity contribution in [1.29, 1.82) is 0 Å². The number of carbonyl (C=O) groups excluding carboxylic acids is 4. The fourth-order valence-corrected chi connectivity index (χ4v) is 2.94. The van der Waals surface area contributed by atoms with Gasteiger partial charge in [0.2, 0.25) is 0 Å². The zero-order valence-corrected chi connectivity index (χ0v) is 16.0. The van der Waals surface area contributed by atoms with Crippen LogP contribution < -0.4 is 15.4 Å². The van der Waals surface area contributed by atoms with E-state index in [2.05, 4.69) is 10.6 Å². The van der Waals surface area contributed by atoms with E-state index in [1.165, 1.54) is 0 Å². The van der Waals surface area contributed by atoms with E-state index in [-0.39, 0.29) is 24.7 Å². The lowest BCUT2D eigenvalue weighted by Crippen LogP contribution is -2.45. The molecule has 0 radical (unpaired) electrons. The highest BCUT2D eigenvalue weighted by Gasteiger charge is 2.19. The summed E-state index contributed by atoms with van der Waals surface area (Å²) in [4.78, 5) is 47.1. The van der Waals surface area contributed by atoms with Crippen molar-refractivity contribution in [2.75, 3.05) is 13.2 Å². The molecule has 0 aromatic heterocycles. The summed E-state index contributed by atoms with van der Waals surface area (Å²) in [5.74, 6) is -0.922. The van der Waals surface area contributed by atoms with E-state index in [9.17, 15) is 19.2 Å². The molecule has 0 aliphatic heterocycles. The first kappa shape index (κ1) is 21.4. The molecular weight excluding hydrogens is 364 g/mol. The summed E-state index contributed by atoms with van der Waals surface area (Å²) in [6.45, 7) is 1.84. The second-order valence-electron chi connectivity index (χ2n) is 6.54. The van der Waals surface area contributed by atoms with Crippen LogP contribution in [0, 0.1) is 0 Å². The fourth-order valence-electron chi connectivity index (χ4n) is 2.94. The molecule has 1 aromatic carbocycles. The number of nitrogens with one attached hydrogen (secondary N) is 2. The van der Waals surface area contributed by atoms with Gasteiger partial charge >= 0.3 is 12.0 Å². The van der Waals surface area contributed by atoms with Crippen LogP contribution in [0.25, 0.3) is 0 Å². The number of imide groups is 1. The van der Waals surface area contributed by atoms with Gasteiger partial charge in [0.15, 0.2) is 12.4 Å². The van der Waals surface area contributed by atoms with Crippen LogP contribution in [0.3, 0.4) is 0 Å². The van der Waals surface area contributed by atoms with E-state index >= 15 is 0 Å². The molecule has 0 unspecified atom stereocenters. The number of hydrogen-bond donors (Lipinski definition) is 2. The number of esters is 1. The second kappa shape index (κ2) is 11.1. The Labute approximate surface area is 164 Å². The molecule has 1 saturated carbocycles. The maximum atomic E-state index is 12.1. The molecule has 152 valence electrons. The highest BCUT2D eigenvalue weighted by atomic mass is 16.5. The molecule has 0 heterocycles. The van der Waals surface area contributed by atoms with Crippen LogP contribution >= 0.6 is 0 Å². The minimum Gasteiger partial charge on any atom is -0.494 e. The Morgan fingerprint density at radius 1 is 1.04 bits per heavy atom. The summed E-state index contributed by atoms with van der Waals surface area (Å²) in [7, 11) is 0. The summed E-state index contributed by atoms with van der Waals surface area (Å²) in [5, 5.41) is 4.83. The van der Waals surface area contributed by atoms with Crippen LogP contribution in [-0.4, -0.2) is 42.9 Å². The Bertz CT molecular complexity index is 695. The number of hydrogen-bond acceptors (Lipinski definition) is 6. The Morgan fingerprint density at radius 2 is 1.71 bits per heavy atom. The zero-order valence-electron chi connectivity index (χ0n) is 16.0. The van der Waals surface area contributed by atoms with Gasteiger partial charge in [0.05, 0.1) is 13.0 Å². The first-order valence-electron chi connectivity index (χ1n) is 9.50. The third kappa shape index (κ3) is 7.38. The van der Waals surface area contributed by atoms with E-state index in [0.717, 1.165) is 25.7 Å². The molecule has 28 heavy (non-hydrogen) atoms. The molecule has 2 N–H and O–H groups in total. The van der Waals surface area contributed by atoms with Crippen molar-refractivity contribution in [3.8, 4) is 5.75 Å². The minimum absolute atomic E-state index is 0.0312. The number of benzene rings is 1. The van der Waals surface area contributed by atoms with Crippen molar-refractivity contribution in [3.63, 3.8) is 0 Å². The molecule has 8 nitrogen and oxygen atoms in total. The maximum absolute atomic E-state index is 12.1. The van der Waals surface area contributed by atoms with E-state index < -0.39 is 24.5 Å². The molecular formula is C20H26N2O6. The van der Waals surface area contributed by atoms with Gasteiger partial charge in [-0.25, -0.2) is 4.79 Å². The highest BCUT2D eigenvalue weighted by Crippen LogP contribution is 2.17. The van der Waals surface area contributed by atoms with Crippen molar-refractivity contribution < 1.29 is 28.7 Å². The molecule has 0 saturated heterocycles. The quantitative estimate of drug-likeness (QED) is 0.495. The van der Waals surface area contributed by atoms with Crippen molar-refractivity contribution in [2.45, 2.75) is 51.5 Å². The average Bonchev–Trinajstić information content (AvgIpc) is 3.18. The Morgan fingerprint density at radius 3 is 2.36 bits per heavy atom. The Kier molecular flexibility index (Phi) is 8.45. The standard InChI is InChI=1S/C20H26N2O6/c1-2-27-16-9-7-14(8-10-16)17(23)11-12-19(25)28-13-18(24)22-20(26)21-15-5-3-4-6-15/h7-10,15H,2-6,11-13H2,1H3,(H2,21,22,24,26). The van der Waals surface area contributed by atoms with Crippen LogP contribution in [0.4, 0.5) is 4.79 Å². The number of rotatable bonds is 9. The van der Waals surface area contributed by atoms with Crippen LogP contribution in [0.5, 0.6) is 5.75 Å². The van der Waals surface area contributed by atoms with Crippen LogP contribution in [-0.2, 0) is 14.3 Å². The van der Waals surface area contributed by atoms with Crippen molar-refractivity contribution in [3.05, 3.63) is 29.8 Å². The van der Waals surface area contributed by atoms with E-state index in [4.69, 9.17) is 9.47 Å². The first-order valence-corrected chi connectivity index (χ1v) is 9.50. The molecule has 0 spiro atoms. The molecule has 2 rings (SSSR count). The first-order chi connectivity index (χ1) is 13.5. The number of amides is 3. The molecule has 1 aliphatic rings. The molecule has 8 heteroatoms. The monoisotopic (exact) mass is 390 g/mol. The third-order valence-electron chi connectivity index (χ3n) is 4.35. The highest BCUT2D eigenvalue weighted by molar-refractivity contribution is 5.98. The Balaban J connectivity index is 1.63. The fraction of sp³-hybridized carbons (Fsp3) is 0.500. The van der Waals surface area contributed by atoms with Crippen molar-refractivity contribution >= 4 is 23.7 Å². The lowest BCUT2D eigenvalue weighted by Gasteiger charge is -2.12. The van der Waals surface area contributed by atoms with Gasteiger partial charge in [0, 0.05) is 18.0 Å². The van der Waals surface area contributed by atoms with Crippen molar-refractivity contribution in [1.82, 2.24) is 10.6 Å². The average molecular weight is 390 g/mol. The number of carbonyl (C=O) groups is 4. The van der Waals surface area contributed by atoms with Gasteiger partial charge in [0.25, 0.3) is 5.91 Å². The summed E-state index contributed by atoms with van der Waals surface area (Å²) in [6, 6.07) is 6.15. The zero-order chi connectivity index (χ0) is 20.4. The predicted molar refractivity (Wildman–Crippen MR) is 101 cm³/mol. The van der Waals surface area contributed by atoms with E-state index in [1.54, 1.807) is 24.3 Å². The minimum atomic E-state index is -0.707. The predicted octanol–water partition coefficient (Wildman–Crippen LogP) is 2.36.